The number of aliphatic hydroxyl groups excluding tert-OH is 2. The van der Waals surface area contributed by atoms with E-state index in [0.717, 1.165) is 4.91 Å². The maximum absolute atomic E-state index is 11.4. The highest BCUT2D eigenvalue weighted by Crippen LogP contribution is 2.49. The molecule has 1 saturated heterocycles. The number of rotatable bonds is 6. The molecule has 0 aliphatic carbocycles. The number of carboxylic acid groups (broad SMARTS) is 1. The minimum absolute atomic E-state index is 0.128. The molecular formula is C12H19N3O4S. The molecule has 0 aromatic heterocycles. The molecule has 2 aliphatic heterocycles. The molecule has 2 rings (SSSR count). The number of hydrogen-bond acceptors (Lipinski definition) is 6. The Balaban J connectivity index is 2.09. The number of nitrogens with two attached hydrogens (primary N) is 1. The van der Waals surface area contributed by atoms with Crippen LogP contribution in [0.4, 0.5) is 0 Å². The fourth-order valence-corrected chi connectivity index (χ4v) is 3.91. The van der Waals surface area contributed by atoms with E-state index in [-0.39, 0.29) is 17.7 Å². The van der Waals surface area contributed by atoms with Gasteiger partial charge >= 0.3 is 5.97 Å². The Bertz CT molecular complexity index is 452. The molecule has 0 spiro atoms. The minimum Gasteiger partial charge on any atom is -0.477 e. The highest BCUT2D eigenvalue weighted by atomic mass is 32.2. The summed E-state index contributed by atoms with van der Waals surface area (Å²) in [5.41, 5.74) is 5.30. The molecule has 2 heterocycles. The van der Waals surface area contributed by atoms with Crippen molar-refractivity contribution in [2.24, 2.45) is 16.6 Å². The van der Waals surface area contributed by atoms with Crippen LogP contribution in [-0.2, 0) is 4.79 Å². The monoisotopic (exact) mass is 301 g/mol. The molecule has 8 heteroatoms. The molecule has 112 valence electrons. The van der Waals surface area contributed by atoms with Crippen molar-refractivity contribution in [2.45, 2.75) is 31.7 Å². The second-order valence-electron chi connectivity index (χ2n) is 4.89. The number of aliphatic imine (C=N–C) groups is 1. The number of thioether (sulfide) groups is 1. The molecule has 0 saturated carbocycles. The van der Waals surface area contributed by atoms with Crippen molar-refractivity contribution >= 4 is 24.1 Å². The minimum atomic E-state index is -1.04. The topological polar surface area (TPSA) is 119 Å². The number of aliphatic hydroxyl groups is 2. The second kappa shape index (κ2) is 6.02. The van der Waals surface area contributed by atoms with Crippen LogP contribution in [0.3, 0.4) is 0 Å². The van der Waals surface area contributed by atoms with E-state index < -0.39 is 18.3 Å². The largest absolute Gasteiger partial charge is 0.477 e. The lowest BCUT2D eigenvalue weighted by atomic mass is 9.82. The predicted molar refractivity (Wildman–Crippen MR) is 76.1 cm³/mol. The van der Waals surface area contributed by atoms with Crippen LogP contribution >= 0.6 is 11.8 Å². The van der Waals surface area contributed by atoms with Crippen molar-refractivity contribution in [3.63, 3.8) is 0 Å². The van der Waals surface area contributed by atoms with E-state index in [9.17, 15) is 20.1 Å². The normalized spacial score (nSPS) is 30.6. The van der Waals surface area contributed by atoms with E-state index in [2.05, 4.69) is 4.99 Å². The second-order valence-corrected chi connectivity index (χ2v) is 6.08. The molecule has 0 aromatic rings. The SMILES string of the molecule is C[C@@H](O)C1C(O)N2C(C(=O)O)=C(SCCN=CN)CC12. The van der Waals surface area contributed by atoms with Crippen molar-refractivity contribution in [3.8, 4) is 0 Å². The van der Waals surface area contributed by atoms with Gasteiger partial charge in [-0.15, -0.1) is 11.8 Å². The molecule has 0 bridgehead atoms. The van der Waals surface area contributed by atoms with E-state index in [1.807, 2.05) is 0 Å². The Morgan fingerprint density at radius 3 is 2.95 bits per heavy atom. The quantitative estimate of drug-likeness (QED) is 0.294. The fourth-order valence-electron chi connectivity index (χ4n) is 2.85. The van der Waals surface area contributed by atoms with Gasteiger partial charge in [0.15, 0.2) is 0 Å². The van der Waals surface area contributed by atoms with Crippen LogP contribution in [-0.4, -0.2) is 63.2 Å². The summed E-state index contributed by atoms with van der Waals surface area (Å²) in [5, 5.41) is 29.0. The third kappa shape index (κ3) is 2.50. The van der Waals surface area contributed by atoms with Crippen molar-refractivity contribution in [1.29, 1.82) is 0 Å². The molecule has 4 atom stereocenters. The van der Waals surface area contributed by atoms with Crippen LogP contribution in [0.2, 0.25) is 0 Å². The number of fused-ring (bicyclic) bond motifs is 1. The predicted octanol–water partition coefficient (Wildman–Crippen LogP) is -0.594. The van der Waals surface area contributed by atoms with Gasteiger partial charge in [0.05, 0.1) is 24.9 Å². The summed E-state index contributed by atoms with van der Waals surface area (Å²) in [5.74, 6) is -0.708. The molecule has 0 amide bonds. The number of nitrogens with zero attached hydrogens (tertiary/aromatic N) is 2. The molecule has 20 heavy (non-hydrogen) atoms. The van der Waals surface area contributed by atoms with Gasteiger partial charge in [0.1, 0.15) is 11.9 Å². The highest BCUT2D eigenvalue weighted by molar-refractivity contribution is 8.03. The Morgan fingerprint density at radius 1 is 1.70 bits per heavy atom. The first-order valence-electron chi connectivity index (χ1n) is 6.42. The van der Waals surface area contributed by atoms with Gasteiger partial charge in [-0.05, 0) is 6.92 Å². The van der Waals surface area contributed by atoms with Crippen LogP contribution in [0, 0.1) is 5.92 Å². The van der Waals surface area contributed by atoms with Gasteiger partial charge in [0.25, 0.3) is 0 Å². The Labute approximate surface area is 121 Å². The lowest BCUT2D eigenvalue weighted by Gasteiger charge is -2.51. The lowest BCUT2D eigenvalue weighted by molar-refractivity contribution is -0.185. The summed E-state index contributed by atoms with van der Waals surface area (Å²) in [6.07, 6.45) is 0.187. The summed E-state index contributed by atoms with van der Waals surface area (Å²) in [6.45, 7) is 2.14. The molecule has 0 radical (unpaired) electrons. The summed E-state index contributed by atoms with van der Waals surface area (Å²) in [6, 6.07) is -0.128. The van der Waals surface area contributed by atoms with Crippen molar-refractivity contribution in [2.75, 3.05) is 12.3 Å². The smallest absolute Gasteiger partial charge is 0.353 e. The van der Waals surface area contributed by atoms with E-state index >= 15 is 0 Å². The van der Waals surface area contributed by atoms with Crippen molar-refractivity contribution < 1.29 is 20.1 Å². The average Bonchev–Trinajstić information content (AvgIpc) is 2.69. The van der Waals surface area contributed by atoms with Gasteiger partial charge in [-0.1, -0.05) is 0 Å². The van der Waals surface area contributed by atoms with E-state index in [1.54, 1.807) is 6.92 Å². The third-order valence-corrected chi connectivity index (χ3v) is 4.80. The van der Waals surface area contributed by atoms with E-state index in [0.29, 0.717) is 18.7 Å². The molecule has 1 fully saturated rings. The number of hydrogen-bond donors (Lipinski definition) is 4. The van der Waals surface area contributed by atoms with E-state index in [1.165, 1.54) is 23.0 Å². The molecular weight excluding hydrogens is 282 g/mol. The Morgan fingerprint density at radius 2 is 2.40 bits per heavy atom. The highest BCUT2D eigenvalue weighted by Gasteiger charge is 2.56. The van der Waals surface area contributed by atoms with Gasteiger partial charge in [0.2, 0.25) is 0 Å². The number of aliphatic carboxylic acids is 1. The molecule has 5 N–H and O–H groups in total. The van der Waals surface area contributed by atoms with Gasteiger partial charge in [-0.3, -0.25) is 4.99 Å². The van der Waals surface area contributed by atoms with Gasteiger partial charge in [0, 0.05) is 23.1 Å². The standard InChI is InChI=1S/C12H19N3O4S/c1-6(16)9-7-4-8(20-3-2-14-5-13)10(12(18)19)15(7)11(9)17/h5-7,9,11,16-17H,2-4H2,1H3,(H2,13,14)(H,18,19)/t6-,7?,9?,11?/m1/s1. The average molecular weight is 301 g/mol. The number of carbonyl (C=O) groups is 1. The Kier molecular flexibility index (Phi) is 4.56. The van der Waals surface area contributed by atoms with Crippen molar-refractivity contribution in [1.82, 2.24) is 4.90 Å². The zero-order valence-corrected chi connectivity index (χ0v) is 12.0. The summed E-state index contributed by atoms with van der Waals surface area (Å²) in [4.78, 5) is 17.5. The molecule has 7 nitrogen and oxygen atoms in total. The first-order valence-corrected chi connectivity index (χ1v) is 7.41. The third-order valence-electron chi connectivity index (χ3n) is 3.71. The fraction of sp³-hybridized carbons (Fsp3) is 0.667. The van der Waals surface area contributed by atoms with Gasteiger partial charge < -0.3 is 26.0 Å². The maximum atomic E-state index is 11.4. The summed E-state index contributed by atoms with van der Waals surface area (Å²) in [7, 11) is 0. The summed E-state index contributed by atoms with van der Waals surface area (Å²) < 4.78 is 0. The maximum Gasteiger partial charge on any atom is 0.353 e. The zero-order valence-electron chi connectivity index (χ0n) is 11.1. The van der Waals surface area contributed by atoms with Crippen LogP contribution in [0.25, 0.3) is 0 Å². The van der Waals surface area contributed by atoms with E-state index in [4.69, 9.17) is 5.73 Å². The molecule has 3 unspecified atom stereocenters. The lowest BCUT2D eigenvalue weighted by Crippen LogP contribution is -2.64. The molecule has 2 aliphatic rings. The van der Waals surface area contributed by atoms with Gasteiger partial charge in [-0.25, -0.2) is 4.79 Å². The van der Waals surface area contributed by atoms with Crippen LogP contribution < -0.4 is 5.73 Å². The zero-order chi connectivity index (χ0) is 14.9. The van der Waals surface area contributed by atoms with Crippen LogP contribution in [0.5, 0.6) is 0 Å². The number of carboxylic acids is 1. The van der Waals surface area contributed by atoms with Crippen molar-refractivity contribution in [3.05, 3.63) is 10.6 Å². The summed E-state index contributed by atoms with van der Waals surface area (Å²) >= 11 is 1.42. The van der Waals surface area contributed by atoms with Crippen LogP contribution in [0.1, 0.15) is 13.3 Å². The first kappa shape index (κ1) is 15.1. The first-order chi connectivity index (χ1) is 9.49. The van der Waals surface area contributed by atoms with Crippen LogP contribution in [0.15, 0.2) is 15.6 Å². The molecule has 0 aromatic carbocycles. The van der Waals surface area contributed by atoms with Gasteiger partial charge in [-0.2, -0.15) is 0 Å². The Hall–Kier alpha value is -1.25.